The van der Waals surface area contributed by atoms with Gasteiger partial charge in [0.05, 0.1) is 6.61 Å². The van der Waals surface area contributed by atoms with Crippen LogP contribution in [-0.4, -0.2) is 30.6 Å². The molecule has 112 valence electrons. The summed E-state index contributed by atoms with van der Waals surface area (Å²) >= 11 is 0. The van der Waals surface area contributed by atoms with Crippen molar-refractivity contribution in [3.05, 3.63) is 29.8 Å². The van der Waals surface area contributed by atoms with E-state index in [1.54, 1.807) is 0 Å². The van der Waals surface area contributed by atoms with Crippen molar-refractivity contribution in [1.82, 2.24) is 4.90 Å². The van der Waals surface area contributed by atoms with Crippen LogP contribution in [0.5, 0.6) is 5.75 Å². The van der Waals surface area contributed by atoms with E-state index in [1.807, 2.05) is 24.3 Å². The Morgan fingerprint density at radius 2 is 2.05 bits per heavy atom. The molecule has 1 heterocycles. The van der Waals surface area contributed by atoms with Crippen molar-refractivity contribution >= 4 is 0 Å². The molecule has 0 spiro atoms. The summed E-state index contributed by atoms with van der Waals surface area (Å²) in [6.45, 7) is 6.13. The standard InChI is InChI=1S/C17H28N2O/c1-2-16-6-3-4-11-19(16)12-5-13-20-17-9-7-15(14-18)8-10-17/h7-10,16H,2-6,11-14,18H2,1H3. The van der Waals surface area contributed by atoms with E-state index in [9.17, 15) is 0 Å². The van der Waals surface area contributed by atoms with Crippen LogP contribution < -0.4 is 10.5 Å². The fraction of sp³-hybridized carbons (Fsp3) is 0.647. The summed E-state index contributed by atoms with van der Waals surface area (Å²) in [7, 11) is 0. The third kappa shape index (κ3) is 4.50. The maximum Gasteiger partial charge on any atom is 0.119 e. The summed E-state index contributed by atoms with van der Waals surface area (Å²) in [4.78, 5) is 2.64. The minimum atomic E-state index is 0.591. The molecule has 0 aromatic heterocycles. The molecule has 3 heteroatoms. The van der Waals surface area contributed by atoms with Crippen LogP contribution in [0.25, 0.3) is 0 Å². The van der Waals surface area contributed by atoms with Gasteiger partial charge in [-0.3, -0.25) is 0 Å². The van der Waals surface area contributed by atoms with E-state index >= 15 is 0 Å². The average Bonchev–Trinajstić information content (AvgIpc) is 2.52. The molecule has 0 saturated carbocycles. The largest absolute Gasteiger partial charge is 0.494 e. The molecule has 1 saturated heterocycles. The first-order valence-corrected chi connectivity index (χ1v) is 7.99. The molecule has 1 aromatic carbocycles. The Morgan fingerprint density at radius 1 is 1.25 bits per heavy atom. The number of piperidine rings is 1. The molecule has 1 unspecified atom stereocenters. The normalized spacial score (nSPS) is 20.0. The van der Waals surface area contributed by atoms with Gasteiger partial charge in [0.15, 0.2) is 0 Å². The van der Waals surface area contributed by atoms with Crippen molar-refractivity contribution in [1.29, 1.82) is 0 Å². The molecule has 20 heavy (non-hydrogen) atoms. The molecule has 0 aliphatic carbocycles. The Balaban J connectivity index is 1.67. The summed E-state index contributed by atoms with van der Waals surface area (Å²) in [5.41, 5.74) is 6.73. The fourth-order valence-electron chi connectivity index (χ4n) is 3.00. The van der Waals surface area contributed by atoms with Crippen LogP contribution in [0.4, 0.5) is 0 Å². The van der Waals surface area contributed by atoms with Crippen LogP contribution in [-0.2, 0) is 6.54 Å². The van der Waals surface area contributed by atoms with E-state index in [1.165, 1.54) is 38.8 Å². The summed E-state index contributed by atoms with van der Waals surface area (Å²) in [6, 6.07) is 8.89. The summed E-state index contributed by atoms with van der Waals surface area (Å²) in [6.07, 6.45) is 6.52. The Labute approximate surface area is 123 Å². The zero-order valence-corrected chi connectivity index (χ0v) is 12.7. The number of likely N-dealkylation sites (tertiary alicyclic amines) is 1. The lowest BCUT2D eigenvalue weighted by molar-refractivity contribution is 0.134. The lowest BCUT2D eigenvalue weighted by Crippen LogP contribution is -2.40. The lowest BCUT2D eigenvalue weighted by atomic mass is 10.00. The third-order valence-corrected chi connectivity index (χ3v) is 4.24. The number of hydrogen-bond acceptors (Lipinski definition) is 3. The van der Waals surface area contributed by atoms with Crippen molar-refractivity contribution in [2.24, 2.45) is 5.73 Å². The number of rotatable bonds is 7. The van der Waals surface area contributed by atoms with Gasteiger partial charge in [0.1, 0.15) is 5.75 Å². The minimum Gasteiger partial charge on any atom is -0.494 e. The highest BCUT2D eigenvalue weighted by atomic mass is 16.5. The van der Waals surface area contributed by atoms with Crippen molar-refractivity contribution < 1.29 is 4.74 Å². The molecule has 1 fully saturated rings. The number of nitrogens with zero attached hydrogens (tertiary/aromatic N) is 1. The van der Waals surface area contributed by atoms with E-state index in [4.69, 9.17) is 10.5 Å². The Hall–Kier alpha value is -1.06. The highest BCUT2D eigenvalue weighted by Gasteiger charge is 2.19. The fourth-order valence-corrected chi connectivity index (χ4v) is 3.00. The van der Waals surface area contributed by atoms with Gasteiger partial charge in [-0.1, -0.05) is 25.5 Å². The summed E-state index contributed by atoms with van der Waals surface area (Å²) < 4.78 is 5.80. The summed E-state index contributed by atoms with van der Waals surface area (Å²) in [5.74, 6) is 0.952. The van der Waals surface area contributed by atoms with Crippen molar-refractivity contribution in [3.63, 3.8) is 0 Å². The molecular formula is C17H28N2O. The lowest BCUT2D eigenvalue weighted by Gasteiger charge is -2.35. The van der Waals surface area contributed by atoms with Crippen LogP contribution in [0.1, 0.15) is 44.6 Å². The van der Waals surface area contributed by atoms with Crippen LogP contribution in [0, 0.1) is 0 Å². The zero-order chi connectivity index (χ0) is 14.2. The molecule has 0 amide bonds. The van der Waals surface area contributed by atoms with Crippen molar-refractivity contribution in [2.45, 2.75) is 51.6 Å². The van der Waals surface area contributed by atoms with E-state index in [0.29, 0.717) is 6.54 Å². The van der Waals surface area contributed by atoms with Gasteiger partial charge in [-0.15, -0.1) is 0 Å². The monoisotopic (exact) mass is 276 g/mol. The molecule has 1 aliphatic heterocycles. The predicted molar refractivity (Wildman–Crippen MR) is 83.9 cm³/mol. The van der Waals surface area contributed by atoms with Gasteiger partial charge in [-0.2, -0.15) is 0 Å². The van der Waals surface area contributed by atoms with Gasteiger partial charge in [-0.25, -0.2) is 0 Å². The second kappa shape index (κ2) is 8.28. The molecule has 1 atom stereocenters. The molecule has 0 radical (unpaired) electrons. The quantitative estimate of drug-likeness (QED) is 0.777. The van der Waals surface area contributed by atoms with E-state index in [0.717, 1.165) is 30.4 Å². The maximum absolute atomic E-state index is 5.80. The molecule has 0 bridgehead atoms. The van der Waals surface area contributed by atoms with Crippen LogP contribution in [0.15, 0.2) is 24.3 Å². The van der Waals surface area contributed by atoms with Gasteiger partial charge in [0, 0.05) is 19.1 Å². The Bertz CT molecular complexity index is 377. The molecule has 3 nitrogen and oxygen atoms in total. The first kappa shape index (κ1) is 15.3. The topological polar surface area (TPSA) is 38.5 Å². The highest BCUT2D eigenvalue weighted by Crippen LogP contribution is 2.19. The number of nitrogens with two attached hydrogens (primary N) is 1. The Kier molecular flexibility index (Phi) is 6.34. The molecular weight excluding hydrogens is 248 g/mol. The smallest absolute Gasteiger partial charge is 0.119 e. The maximum atomic E-state index is 5.80. The zero-order valence-electron chi connectivity index (χ0n) is 12.7. The van der Waals surface area contributed by atoms with Crippen LogP contribution >= 0.6 is 0 Å². The number of benzene rings is 1. The van der Waals surface area contributed by atoms with Crippen LogP contribution in [0.3, 0.4) is 0 Å². The van der Waals surface area contributed by atoms with E-state index in [-0.39, 0.29) is 0 Å². The van der Waals surface area contributed by atoms with Crippen LogP contribution in [0.2, 0.25) is 0 Å². The van der Waals surface area contributed by atoms with Gasteiger partial charge in [-0.05, 0) is 49.9 Å². The minimum absolute atomic E-state index is 0.591. The van der Waals surface area contributed by atoms with E-state index < -0.39 is 0 Å². The van der Waals surface area contributed by atoms with Gasteiger partial charge in [0.25, 0.3) is 0 Å². The van der Waals surface area contributed by atoms with Crippen molar-refractivity contribution in [2.75, 3.05) is 19.7 Å². The van der Waals surface area contributed by atoms with Gasteiger partial charge in [0.2, 0.25) is 0 Å². The van der Waals surface area contributed by atoms with E-state index in [2.05, 4.69) is 11.8 Å². The third-order valence-electron chi connectivity index (χ3n) is 4.24. The SMILES string of the molecule is CCC1CCCCN1CCCOc1ccc(CN)cc1. The van der Waals surface area contributed by atoms with Gasteiger partial charge < -0.3 is 15.4 Å². The molecule has 2 rings (SSSR count). The first-order chi connectivity index (χ1) is 9.83. The highest BCUT2D eigenvalue weighted by molar-refractivity contribution is 5.26. The second-order valence-corrected chi connectivity index (χ2v) is 5.64. The molecule has 1 aromatic rings. The van der Waals surface area contributed by atoms with Crippen molar-refractivity contribution in [3.8, 4) is 5.75 Å². The number of ether oxygens (including phenoxy) is 1. The molecule has 1 aliphatic rings. The average molecular weight is 276 g/mol. The Morgan fingerprint density at radius 3 is 2.75 bits per heavy atom. The first-order valence-electron chi connectivity index (χ1n) is 7.99. The summed E-state index contributed by atoms with van der Waals surface area (Å²) in [5, 5.41) is 0. The second-order valence-electron chi connectivity index (χ2n) is 5.64. The predicted octanol–water partition coefficient (Wildman–Crippen LogP) is 3.18. The molecule has 2 N–H and O–H groups in total. The van der Waals surface area contributed by atoms with Gasteiger partial charge >= 0.3 is 0 Å². The number of hydrogen-bond donors (Lipinski definition) is 1.